The average Bonchev–Trinajstić information content (AvgIpc) is 3.61. The summed E-state index contributed by atoms with van der Waals surface area (Å²) in [4.78, 5) is 43.4. The molecule has 6 rings (SSSR count). The lowest BCUT2D eigenvalue weighted by Gasteiger charge is -2.36. The minimum Gasteiger partial charge on any atom is -0.494 e. The molecule has 1 aliphatic carbocycles. The number of benzene rings is 1. The van der Waals surface area contributed by atoms with Crippen LogP contribution in [0.25, 0.3) is 11.3 Å². The van der Waals surface area contributed by atoms with Crippen molar-refractivity contribution in [3.05, 3.63) is 41.5 Å². The third-order valence-electron chi connectivity index (χ3n) is 8.85. The summed E-state index contributed by atoms with van der Waals surface area (Å²) >= 11 is 0. The van der Waals surface area contributed by atoms with E-state index >= 15 is 4.39 Å². The highest BCUT2D eigenvalue weighted by Crippen LogP contribution is 2.39. The van der Waals surface area contributed by atoms with Crippen LogP contribution in [0.15, 0.2) is 24.3 Å². The van der Waals surface area contributed by atoms with Crippen LogP contribution in [0.1, 0.15) is 59.5 Å². The molecule has 4 heterocycles. The fourth-order valence-electron chi connectivity index (χ4n) is 6.29. The molecule has 1 saturated carbocycles. The maximum atomic E-state index is 15.3. The van der Waals surface area contributed by atoms with Crippen LogP contribution in [-0.4, -0.2) is 116 Å². The van der Waals surface area contributed by atoms with E-state index in [0.717, 1.165) is 44.8 Å². The normalized spacial score (nSPS) is 17.3. The first-order valence-corrected chi connectivity index (χ1v) is 16.0. The second kappa shape index (κ2) is 13.6. The summed E-state index contributed by atoms with van der Waals surface area (Å²) < 4.78 is 22.5. The summed E-state index contributed by atoms with van der Waals surface area (Å²) in [7, 11) is 19.8. The number of likely N-dealkylation sites (tertiary alicyclic amines) is 2. The van der Waals surface area contributed by atoms with E-state index in [2.05, 4.69) is 36.1 Å². The maximum absolute atomic E-state index is 15.3. The molecule has 2 aromatic heterocycles. The number of piperidine rings is 1. The first-order valence-electron chi connectivity index (χ1n) is 16.0. The van der Waals surface area contributed by atoms with E-state index in [9.17, 15) is 14.4 Å². The van der Waals surface area contributed by atoms with Crippen molar-refractivity contribution < 1.29 is 23.5 Å². The zero-order valence-corrected chi connectivity index (χ0v) is 27.0. The highest BCUT2D eigenvalue weighted by Gasteiger charge is 2.32. The Kier molecular flexibility index (Phi) is 9.50. The summed E-state index contributed by atoms with van der Waals surface area (Å²) in [6.45, 7) is 3.54. The van der Waals surface area contributed by atoms with E-state index < -0.39 is 17.0 Å². The van der Waals surface area contributed by atoms with Gasteiger partial charge in [0.1, 0.15) is 11.5 Å². The van der Waals surface area contributed by atoms with Gasteiger partial charge in [-0.2, -0.15) is 5.10 Å². The van der Waals surface area contributed by atoms with Crippen molar-refractivity contribution in [3.8, 4) is 17.0 Å². The first kappa shape index (κ1) is 33.5. The molecule has 3 aliphatic rings. The van der Waals surface area contributed by atoms with Gasteiger partial charge >= 0.3 is 0 Å². The van der Waals surface area contributed by atoms with Crippen molar-refractivity contribution in [1.82, 2.24) is 35.1 Å². The van der Waals surface area contributed by atoms with Gasteiger partial charge in [0.2, 0.25) is 5.91 Å². The maximum Gasteiger partial charge on any atom is 0.272 e. The standard InChI is InChI=1S/C31H35B3FN9O4/c1-42-24(30(47)44-11-7-19(8-12-44)43-9-3-4-10-43)15-21(41-42)20-13-18(35)14-23(27(20)48-2)36-22-16-25(37-28(45)17-5-6-17)39-40-26(22)29(46)38-31(32,33)34/h13-17,19H,3-12H2,1-2H3,(H,38,46)(H2,36,37,39,45). The smallest absolute Gasteiger partial charge is 0.272 e. The third-order valence-corrected chi connectivity index (χ3v) is 8.85. The Bertz CT molecular complexity index is 1720. The number of rotatable bonds is 10. The molecule has 13 nitrogen and oxygen atoms in total. The fraction of sp³-hybridized carbons (Fsp3) is 0.484. The number of hydrogen-bond donors (Lipinski definition) is 3. The number of nitrogens with zero attached hydrogens (tertiary/aromatic N) is 6. The highest BCUT2D eigenvalue weighted by molar-refractivity contribution is 6.60. The van der Waals surface area contributed by atoms with Gasteiger partial charge in [-0.15, -0.1) is 10.2 Å². The quantitative estimate of drug-likeness (QED) is 0.279. The fourth-order valence-corrected chi connectivity index (χ4v) is 6.29. The number of methoxy groups -OCH3 is 1. The van der Waals surface area contributed by atoms with E-state index in [0.29, 0.717) is 30.5 Å². The van der Waals surface area contributed by atoms with Crippen LogP contribution in [0.4, 0.5) is 21.6 Å². The molecule has 2 aliphatic heterocycles. The summed E-state index contributed by atoms with van der Waals surface area (Å²) in [5.41, 5.74) is 0.722. The predicted octanol–water partition coefficient (Wildman–Crippen LogP) is 1.66. The Morgan fingerprint density at radius 3 is 2.31 bits per heavy atom. The van der Waals surface area contributed by atoms with Crippen LogP contribution in [-0.2, 0) is 11.8 Å². The van der Waals surface area contributed by atoms with Crippen molar-refractivity contribution >= 4 is 58.5 Å². The summed E-state index contributed by atoms with van der Waals surface area (Å²) in [6, 6.07) is 5.87. The van der Waals surface area contributed by atoms with Crippen LogP contribution in [0, 0.1) is 11.7 Å². The number of carbonyl (C=O) groups is 3. The lowest BCUT2D eigenvalue weighted by molar-refractivity contribution is -0.117. The number of amides is 3. The Balaban J connectivity index is 1.28. The topological polar surface area (TPSA) is 147 Å². The second-order valence-electron chi connectivity index (χ2n) is 12.6. The van der Waals surface area contributed by atoms with Crippen LogP contribution in [0.3, 0.4) is 0 Å². The van der Waals surface area contributed by atoms with Crippen LogP contribution in [0.5, 0.6) is 5.75 Å². The molecule has 0 spiro atoms. The van der Waals surface area contributed by atoms with Crippen molar-refractivity contribution in [2.24, 2.45) is 13.0 Å². The number of aryl methyl sites for hydroxylation is 1. The molecule has 2 saturated heterocycles. The molecular formula is C31H35B3FN9O4. The molecule has 3 N–H and O–H groups in total. The van der Waals surface area contributed by atoms with Crippen molar-refractivity contribution in [1.29, 1.82) is 0 Å². The van der Waals surface area contributed by atoms with E-state index in [1.165, 1.54) is 36.8 Å². The zero-order chi connectivity index (χ0) is 34.2. The van der Waals surface area contributed by atoms with E-state index in [1.54, 1.807) is 13.1 Å². The molecule has 244 valence electrons. The van der Waals surface area contributed by atoms with Gasteiger partial charge in [0.15, 0.2) is 17.3 Å². The molecule has 0 unspecified atom stereocenters. The SMILES string of the molecule is [B]C([B])([B])NC(=O)c1nnc(NC(=O)C2CC2)cc1Nc1cc(F)cc(-c2cc(C(=O)N3CCC(N4CCCC4)CC3)n(C)n2)c1OC. The molecule has 0 bridgehead atoms. The van der Waals surface area contributed by atoms with E-state index in [1.807, 2.05) is 4.90 Å². The summed E-state index contributed by atoms with van der Waals surface area (Å²) in [5.74, 6) is -1.84. The molecule has 3 fully saturated rings. The van der Waals surface area contributed by atoms with Gasteiger partial charge in [0.25, 0.3) is 11.8 Å². The van der Waals surface area contributed by atoms with Crippen LogP contribution < -0.4 is 20.7 Å². The van der Waals surface area contributed by atoms with Crippen LogP contribution in [0.2, 0.25) is 0 Å². The van der Waals surface area contributed by atoms with E-state index in [4.69, 9.17) is 28.3 Å². The number of hydrogen-bond acceptors (Lipinski definition) is 9. The van der Waals surface area contributed by atoms with Crippen molar-refractivity contribution in [2.45, 2.75) is 49.8 Å². The predicted molar refractivity (Wildman–Crippen MR) is 179 cm³/mol. The molecule has 1 aromatic carbocycles. The molecule has 17 heteroatoms. The molecule has 48 heavy (non-hydrogen) atoms. The molecule has 6 radical (unpaired) electrons. The van der Waals surface area contributed by atoms with Gasteiger partial charge in [0.05, 0.1) is 47.7 Å². The largest absolute Gasteiger partial charge is 0.494 e. The summed E-state index contributed by atoms with van der Waals surface area (Å²) in [5, 5.41) is 18.2. The minimum absolute atomic E-state index is 0.0157. The van der Waals surface area contributed by atoms with Crippen molar-refractivity contribution in [3.63, 3.8) is 0 Å². The Morgan fingerprint density at radius 2 is 1.67 bits per heavy atom. The molecular weight excluding hydrogens is 614 g/mol. The monoisotopic (exact) mass is 649 g/mol. The van der Waals surface area contributed by atoms with Gasteiger partial charge in [-0.1, -0.05) is 5.24 Å². The number of aromatic nitrogens is 4. The number of carbonyl (C=O) groups excluding carboxylic acids is 3. The lowest BCUT2D eigenvalue weighted by Crippen LogP contribution is -2.50. The number of halogens is 1. The Labute approximate surface area is 282 Å². The van der Waals surface area contributed by atoms with Gasteiger partial charge in [-0.05, 0) is 63.7 Å². The minimum atomic E-state index is -2.07. The number of nitrogens with one attached hydrogen (secondary N) is 3. The number of anilines is 3. The summed E-state index contributed by atoms with van der Waals surface area (Å²) in [6.07, 6.45) is 5.81. The first-order chi connectivity index (χ1) is 22.9. The zero-order valence-electron chi connectivity index (χ0n) is 27.0. The highest BCUT2D eigenvalue weighted by atomic mass is 19.1. The van der Waals surface area contributed by atoms with Gasteiger partial charge in [0, 0.05) is 49.8 Å². The van der Waals surface area contributed by atoms with Gasteiger partial charge < -0.3 is 30.5 Å². The Morgan fingerprint density at radius 1 is 0.958 bits per heavy atom. The van der Waals surface area contributed by atoms with Crippen LogP contribution >= 0.6 is 0 Å². The average molecular weight is 649 g/mol. The third kappa shape index (κ3) is 7.50. The molecule has 3 amide bonds. The Hall–Kier alpha value is -4.40. The van der Waals surface area contributed by atoms with Gasteiger partial charge in [-0.25, -0.2) is 4.39 Å². The van der Waals surface area contributed by atoms with E-state index in [-0.39, 0.29) is 51.9 Å². The second-order valence-corrected chi connectivity index (χ2v) is 12.6. The molecule has 0 atom stereocenters. The number of ether oxygens (including phenoxy) is 1. The van der Waals surface area contributed by atoms with Crippen molar-refractivity contribution in [2.75, 3.05) is 43.9 Å². The van der Waals surface area contributed by atoms with Gasteiger partial charge in [-0.3, -0.25) is 19.1 Å². The lowest BCUT2D eigenvalue weighted by atomic mass is 9.49. The molecule has 3 aromatic rings.